The van der Waals surface area contributed by atoms with Gasteiger partial charge < -0.3 is 10.6 Å². The summed E-state index contributed by atoms with van der Waals surface area (Å²) >= 11 is 0. The van der Waals surface area contributed by atoms with Crippen LogP contribution >= 0.6 is 12.4 Å². The highest BCUT2D eigenvalue weighted by molar-refractivity contribution is 5.98. The first-order valence-electron chi connectivity index (χ1n) is 6.49. The molecular weight excluding hydrogens is 301 g/mol. The largest absolute Gasteiger partial charge is 0.334 e. The van der Waals surface area contributed by atoms with Gasteiger partial charge in [-0.05, 0) is 31.4 Å². The molecule has 1 saturated heterocycles. The number of carbonyl (C=O) groups is 1. The van der Waals surface area contributed by atoms with Crippen LogP contribution in [0.5, 0.6) is 0 Å². The quantitative estimate of drug-likeness (QED) is 0.683. The van der Waals surface area contributed by atoms with Crippen LogP contribution in [0.15, 0.2) is 18.2 Å². The Labute approximate surface area is 127 Å². The lowest BCUT2D eigenvalue weighted by Crippen LogP contribution is -2.47. The molecule has 21 heavy (non-hydrogen) atoms. The molecule has 1 amide bonds. The first-order valence-corrected chi connectivity index (χ1v) is 6.49. The molecule has 8 heteroatoms. The number of nitrogens with zero attached hydrogens (tertiary/aromatic N) is 2. The lowest BCUT2D eigenvalue weighted by Gasteiger charge is -2.35. The zero-order valence-electron chi connectivity index (χ0n) is 11.3. The monoisotopic (exact) mass is 317 g/mol. The number of amides is 1. The zero-order valence-corrected chi connectivity index (χ0v) is 12.1. The van der Waals surface area contributed by atoms with Gasteiger partial charge in [0, 0.05) is 25.2 Å². The Bertz CT molecular complexity index is 541. The van der Waals surface area contributed by atoms with E-state index in [1.54, 1.807) is 0 Å². The molecule has 2 rings (SSSR count). The van der Waals surface area contributed by atoms with Crippen LogP contribution < -0.4 is 5.73 Å². The molecule has 1 aromatic rings. The van der Waals surface area contributed by atoms with Gasteiger partial charge in [0.1, 0.15) is 11.4 Å². The Morgan fingerprint density at radius 1 is 1.48 bits per heavy atom. The van der Waals surface area contributed by atoms with Gasteiger partial charge in [0.2, 0.25) is 0 Å². The number of benzene rings is 1. The molecule has 1 aliphatic rings. The molecule has 1 aliphatic heterocycles. The van der Waals surface area contributed by atoms with E-state index in [1.165, 1.54) is 4.90 Å². The summed E-state index contributed by atoms with van der Waals surface area (Å²) in [7, 11) is 0. The molecular formula is C13H17ClFN3O3. The van der Waals surface area contributed by atoms with Crippen molar-refractivity contribution < 1.29 is 14.1 Å². The van der Waals surface area contributed by atoms with E-state index in [0.29, 0.717) is 13.1 Å². The van der Waals surface area contributed by atoms with Gasteiger partial charge in [-0.3, -0.25) is 14.9 Å². The van der Waals surface area contributed by atoms with Crippen molar-refractivity contribution in [2.24, 2.45) is 5.73 Å². The maximum absolute atomic E-state index is 13.3. The van der Waals surface area contributed by atoms with Gasteiger partial charge in [0.05, 0.1) is 4.92 Å². The van der Waals surface area contributed by atoms with E-state index < -0.39 is 16.6 Å². The topological polar surface area (TPSA) is 89.5 Å². The first kappa shape index (κ1) is 17.3. The molecule has 2 N–H and O–H groups in total. The number of hydrogen-bond donors (Lipinski definition) is 1. The van der Waals surface area contributed by atoms with Crippen molar-refractivity contribution in [3.05, 3.63) is 39.7 Å². The van der Waals surface area contributed by atoms with Crippen molar-refractivity contribution in [1.29, 1.82) is 0 Å². The van der Waals surface area contributed by atoms with Gasteiger partial charge in [-0.1, -0.05) is 0 Å². The fourth-order valence-corrected chi connectivity index (χ4v) is 2.51. The first-order chi connectivity index (χ1) is 9.54. The predicted molar refractivity (Wildman–Crippen MR) is 78.0 cm³/mol. The average Bonchev–Trinajstić information content (AvgIpc) is 2.46. The fourth-order valence-electron chi connectivity index (χ4n) is 2.51. The van der Waals surface area contributed by atoms with Crippen LogP contribution in [0.3, 0.4) is 0 Å². The molecule has 6 nitrogen and oxygen atoms in total. The van der Waals surface area contributed by atoms with Crippen LogP contribution in [0.1, 0.15) is 29.6 Å². The second kappa shape index (κ2) is 7.33. The van der Waals surface area contributed by atoms with Crippen LogP contribution in [0.4, 0.5) is 10.1 Å². The summed E-state index contributed by atoms with van der Waals surface area (Å²) in [5, 5.41) is 11.0. The number of rotatable bonds is 3. The smallest absolute Gasteiger partial charge is 0.282 e. The Morgan fingerprint density at radius 2 is 2.19 bits per heavy atom. The number of nitro benzene ring substituents is 1. The molecule has 0 aliphatic carbocycles. The van der Waals surface area contributed by atoms with Crippen molar-refractivity contribution in [2.75, 3.05) is 13.1 Å². The minimum absolute atomic E-state index is 0. The van der Waals surface area contributed by atoms with Gasteiger partial charge in [0.15, 0.2) is 0 Å². The molecule has 1 fully saturated rings. The Morgan fingerprint density at radius 3 is 2.81 bits per heavy atom. The van der Waals surface area contributed by atoms with E-state index in [1.807, 2.05) is 0 Å². The minimum Gasteiger partial charge on any atom is -0.334 e. The average molecular weight is 318 g/mol. The van der Waals surface area contributed by atoms with Crippen LogP contribution in [0.2, 0.25) is 0 Å². The van der Waals surface area contributed by atoms with E-state index >= 15 is 0 Å². The Hall–Kier alpha value is -1.73. The molecule has 1 aromatic carbocycles. The van der Waals surface area contributed by atoms with Gasteiger partial charge in [-0.15, -0.1) is 12.4 Å². The van der Waals surface area contributed by atoms with Gasteiger partial charge in [-0.2, -0.15) is 0 Å². The molecule has 0 saturated carbocycles. The number of carbonyl (C=O) groups excluding carboxylic acids is 1. The molecule has 0 aromatic heterocycles. The summed E-state index contributed by atoms with van der Waals surface area (Å²) in [6, 6.07) is 2.78. The summed E-state index contributed by atoms with van der Waals surface area (Å²) in [4.78, 5) is 24.3. The van der Waals surface area contributed by atoms with E-state index in [2.05, 4.69) is 0 Å². The summed E-state index contributed by atoms with van der Waals surface area (Å²) in [6.45, 7) is 0.795. The van der Waals surface area contributed by atoms with E-state index in [-0.39, 0.29) is 29.7 Å². The number of nitrogens with two attached hydrogens (primary N) is 1. The predicted octanol–water partition coefficient (Wildman–Crippen LogP) is 2.11. The van der Waals surface area contributed by atoms with Crippen LogP contribution in [0, 0.1) is 15.9 Å². The molecule has 0 spiro atoms. The highest BCUT2D eigenvalue weighted by Gasteiger charge is 2.30. The molecule has 0 radical (unpaired) electrons. The summed E-state index contributed by atoms with van der Waals surface area (Å²) in [5.41, 5.74) is 5.05. The molecule has 1 atom stereocenters. The molecule has 116 valence electrons. The summed E-state index contributed by atoms with van der Waals surface area (Å²) in [5.74, 6) is -1.19. The fraction of sp³-hybridized carbons (Fsp3) is 0.462. The third-order valence-electron chi connectivity index (χ3n) is 3.55. The van der Waals surface area contributed by atoms with Crippen molar-refractivity contribution in [1.82, 2.24) is 4.90 Å². The minimum atomic E-state index is -0.673. The third kappa shape index (κ3) is 3.68. The number of likely N-dealkylation sites (tertiary alicyclic amines) is 1. The van der Waals surface area contributed by atoms with E-state index in [9.17, 15) is 19.3 Å². The van der Waals surface area contributed by atoms with Crippen LogP contribution in [-0.4, -0.2) is 34.9 Å². The number of nitro groups is 1. The lowest BCUT2D eigenvalue weighted by atomic mass is 10.0. The molecule has 0 bridgehead atoms. The van der Waals surface area contributed by atoms with Gasteiger partial charge in [0.25, 0.3) is 11.6 Å². The number of halogens is 2. The molecule has 1 unspecified atom stereocenters. The van der Waals surface area contributed by atoms with Gasteiger partial charge >= 0.3 is 0 Å². The van der Waals surface area contributed by atoms with Crippen molar-refractivity contribution in [3.63, 3.8) is 0 Å². The summed E-state index contributed by atoms with van der Waals surface area (Å²) < 4.78 is 13.3. The second-order valence-electron chi connectivity index (χ2n) is 4.80. The Balaban J connectivity index is 0.00000220. The van der Waals surface area contributed by atoms with Crippen molar-refractivity contribution >= 4 is 24.0 Å². The van der Waals surface area contributed by atoms with Gasteiger partial charge in [-0.25, -0.2) is 4.39 Å². The standard InChI is InChI=1S/C13H16FN3O3.ClH/c14-9-4-5-12(17(19)20)11(7-9)13(18)16-6-2-1-3-10(16)8-15;/h4-5,7,10H,1-3,6,8,15H2;1H. The van der Waals surface area contributed by atoms with Crippen LogP contribution in [0.25, 0.3) is 0 Å². The third-order valence-corrected chi connectivity index (χ3v) is 3.55. The molecule has 1 heterocycles. The normalized spacial score (nSPS) is 18.0. The Kier molecular flexibility index (Phi) is 6.04. The zero-order chi connectivity index (χ0) is 14.7. The number of piperidine rings is 1. The summed E-state index contributed by atoms with van der Waals surface area (Å²) in [6.07, 6.45) is 2.56. The highest BCUT2D eigenvalue weighted by Crippen LogP contribution is 2.25. The van der Waals surface area contributed by atoms with E-state index in [0.717, 1.165) is 37.5 Å². The number of hydrogen-bond acceptors (Lipinski definition) is 4. The maximum atomic E-state index is 13.3. The maximum Gasteiger partial charge on any atom is 0.282 e. The van der Waals surface area contributed by atoms with E-state index in [4.69, 9.17) is 5.73 Å². The van der Waals surface area contributed by atoms with Crippen molar-refractivity contribution in [3.8, 4) is 0 Å². The van der Waals surface area contributed by atoms with Crippen LogP contribution in [-0.2, 0) is 0 Å². The lowest BCUT2D eigenvalue weighted by molar-refractivity contribution is -0.385. The highest BCUT2D eigenvalue weighted by atomic mass is 35.5. The van der Waals surface area contributed by atoms with Crippen molar-refractivity contribution in [2.45, 2.75) is 25.3 Å². The SMILES string of the molecule is Cl.NCC1CCCCN1C(=O)c1cc(F)ccc1[N+](=O)[O-]. The second-order valence-corrected chi connectivity index (χ2v) is 4.80.